The lowest BCUT2D eigenvalue weighted by Crippen LogP contribution is -2.24. The van der Waals surface area contributed by atoms with E-state index < -0.39 is 0 Å². The topological polar surface area (TPSA) is 123 Å². The second kappa shape index (κ2) is 9.53. The van der Waals surface area contributed by atoms with Crippen LogP contribution in [0.4, 0.5) is 5.82 Å². The van der Waals surface area contributed by atoms with Gasteiger partial charge in [-0.05, 0) is 43.2 Å². The predicted molar refractivity (Wildman–Crippen MR) is 133 cm³/mol. The third kappa shape index (κ3) is 4.35. The molecule has 0 radical (unpaired) electrons. The fourth-order valence-corrected chi connectivity index (χ4v) is 3.98. The Balaban J connectivity index is 1.25. The molecule has 8 heteroatoms. The van der Waals surface area contributed by atoms with Gasteiger partial charge in [0.05, 0.1) is 16.8 Å². The van der Waals surface area contributed by atoms with E-state index in [-0.39, 0.29) is 5.91 Å². The van der Waals surface area contributed by atoms with Crippen molar-refractivity contribution in [3.8, 4) is 23.1 Å². The molecular weight excluding hydrogens is 440 g/mol. The molecule has 172 valence electrons. The lowest BCUT2D eigenvalue weighted by Gasteiger charge is -2.05. The summed E-state index contributed by atoms with van der Waals surface area (Å²) in [6, 6.07) is 26.5. The van der Waals surface area contributed by atoms with Gasteiger partial charge in [0.25, 0.3) is 5.91 Å². The molecule has 0 bridgehead atoms. The molecular formula is C27H22N6O2. The van der Waals surface area contributed by atoms with Gasteiger partial charge in [-0.25, -0.2) is 4.68 Å². The Hall–Kier alpha value is -4.90. The number of hydrogen-bond acceptors (Lipinski definition) is 6. The van der Waals surface area contributed by atoms with Crippen molar-refractivity contribution in [2.75, 3.05) is 12.3 Å². The van der Waals surface area contributed by atoms with Crippen molar-refractivity contribution in [2.24, 2.45) is 0 Å². The molecule has 3 aromatic carbocycles. The van der Waals surface area contributed by atoms with Crippen LogP contribution in [-0.2, 0) is 6.42 Å². The van der Waals surface area contributed by atoms with Gasteiger partial charge >= 0.3 is 0 Å². The number of rotatable bonds is 7. The van der Waals surface area contributed by atoms with E-state index in [4.69, 9.17) is 10.3 Å². The van der Waals surface area contributed by atoms with Gasteiger partial charge in [-0.2, -0.15) is 10.4 Å². The zero-order valence-corrected chi connectivity index (χ0v) is 18.8. The molecule has 35 heavy (non-hydrogen) atoms. The average Bonchev–Trinajstić information content (AvgIpc) is 3.47. The van der Waals surface area contributed by atoms with E-state index in [2.05, 4.69) is 21.6 Å². The lowest BCUT2D eigenvalue weighted by molar-refractivity contribution is 0.0953. The molecule has 8 nitrogen and oxygen atoms in total. The maximum absolute atomic E-state index is 12.8. The van der Waals surface area contributed by atoms with Crippen LogP contribution in [0.15, 0.2) is 83.4 Å². The first kappa shape index (κ1) is 21.9. The number of carbonyl (C=O) groups excluding carboxylic acids is 1. The van der Waals surface area contributed by atoms with Crippen LogP contribution in [-0.4, -0.2) is 27.4 Å². The Morgan fingerprint density at radius 1 is 1.06 bits per heavy atom. The van der Waals surface area contributed by atoms with E-state index in [1.54, 1.807) is 22.9 Å². The molecule has 1 amide bonds. The van der Waals surface area contributed by atoms with Crippen LogP contribution in [0.1, 0.15) is 28.0 Å². The Bertz CT molecular complexity index is 1530. The van der Waals surface area contributed by atoms with Crippen molar-refractivity contribution < 1.29 is 9.32 Å². The van der Waals surface area contributed by atoms with Crippen LogP contribution in [0.25, 0.3) is 27.9 Å². The van der Waals surface area contributed by atoms with Gasteiger partial charge in [0.2, 0.25) is 0 Å². The first-order valence-electron chi connectivity index (χ1n) is 11.2. The minimum absolute atomic E-state index is 0.193. The van der Waals surface area contributed by atoms with Gasteiger partial charge in [0.1, 0.15) is 23.0 Å². The lowest BCUT2D eigenvalue weighted by atomic mass is 10.1. The predicted octanol–water partition coefficient (Wildman–Crippen LogP) is 4.50. The number of carbonyl (C=O) groups is 1. The van der Waals surface area contributed by atoms with Crippen LogP contribution < -0.4 is 11.1 Å². The second-order valence-corrected chi connectivity index (χ2v) is 8.04. The number of amides is 1. The fraction of sp³-hybridized carbons (Fsp3) is 0.111. The summed E-state index contributed by atoms with van der Waals surface area (Å²) in [5.41, 5.74) is 10.0. The Morgan fingerprint density at radius 2 is 1.80 bits per heavy atom. The summed E-state index contributed by atoms with van der Waals surface area (Å²) in [6.07, 6.45) is 1.12. The number of nitrogens with two attached hydrogens (primary N) is 1. The minimum atomic E-state index is -0.193. The van der Waals surface area contributed by atoms with Gasteiger partial charge in [-0.3, -0.25) is 4.79 Å². The summed E-state index contributed by atoms with van der Waals surface area (Å²) >= 11 is 0. The third-order valence-electron chi connectivity index (χ3n) is 5.76. The van der Waals surface area contributed by atoms with Crippen molar-refractivity contribution in [3.63, 3.8) is 0 Å². The number of hydrogen-bond donors (Lipinski definition) is 2. The average molecular weight is 463 g/mol. The van der Waals surface area contributed by atoms with Crippen molar-refractivity contribution in [1.29, 1.82) is 5.26 Å². The summed E-state index contributed by atoms with van der Waals surface area (Å²) in [4.78, 5) is 12.8. The van der Waals surface area contributed by atoms with Crippen molar-refractivity contribution in [3.05, 3.63) is 95.7 Å². The minimum Gasteiger partial charge on any atom is -0.382 e. The number of nitrogens with one attached hydrogen (secondary N) is 1. The SMILES string of the molecule is N#Cc1c(CCCNC(=O)c2ccc3noc(-c4ccccc4)c3c2)nn(-c2ccccc2)c1N. The molecule has 5 rings (SSSR count). The molecule has 0 aliphatic carbocycles. The van der Waals surface area contributed by atoms with E-state index in [1.807, 2.05) is 60.7 Å². The summed E-state index contributed by atoms with van der Waals surface area (Å²) in [5, 5.41) is 21.9. The molecule has 0 fully saturated rings. The normalized spacial score (nSPS) is 10.8. The van der Waals surface area contributed by atoms with E-state index in [1.165, 1.54) is 0 Å². The highest BCUT2D eigenvalue weighted by Gasteiger charge is 2.17. The van der Waals surface area contributed by atoms with Crippen molar-refractivity contribution in [2.45, 2.75) is 12.8 Å². The molecule has 5 aromatic rings. The van der Waals surface area contributed by atoms with E-state index in [0.29, 0.717) is 53.3 Å². The largest absolute Gasteiger partial charge is 0.382 e. The molecule has 0 aliphatic heterocycles. The Labute approximate surface area is 201 Å². The van der Waals surface area contributed by atoms with Crippen LogP contribution >= 0.6 is 0 Å². The summed E-state index contributed by atoms with van der Waals surface area (Å²) in [6.45, 7) is 0.426. The monoisotopic (exact) mass is 462 g/mol. The molecule has 2 aromatic heterocycles. The zero-order chi connectivity index (χ0) is 24.2. The number of aromatic nitrogens is 3. The van der Waals surface area contributed by atoms with Crippen LogP contribution in [0, 0.1) is 11.3 Å². The smallest absolute Gasteiger partial charge is 0.251 e. The highest BCUT2D eigenvalue weighted by molar-refractivity contribution is 6.00. The Morgan fingerprint density at radius 3 is 2.54 bits per heavy atom. The Kier molecular flexibility index (Phi) is 5.97. The van der Waals surface area contributed by atoms with Crippen molar-refractivity contribution >= 4 is 22.6 Å². The van der Waals surface area contributed by atoms with Crippen molar-refractivity contribution in [1.82, 2.24) is 20.3 Å². The molecule has 0 unspecified atom stereocenters. The number of nitrogens with zero attached hydrogens (tertiary/aromatic N) is 4. The van der Waals surface area contributed by atoms with Crippen LogP contribution in [0.3, 0.4) is 0 Å². The number of para-hydroxylation sites is 1. The molecule has 0 saturated carbocycles. The number of aryl methyl sites for hydroxylation is 1. The van der Waals surface area contributed by atoms with Gasteiger partial charge in [-0.1, -0.05) is 53.7 Å². The summed E-state index contributed by atoms with van der Waals surface area (Å²) < 4.78 is 7.10. The molecule has 0 aliphatic rings. The molecule has 2 heterocycles. The quantitative estimate of drug-likeness (QED) is 0.343. The highest BCUT2D eigenvalue weighted by atomic mass is 16.5. The van der Waals surface area contributed by atoms with Crippen LogP contribution in [0.2, 0.25) is 0 Å². The molecule has 0 atom stereocenters. The maximum atomic E-state index is 12.8. The number of anilines is 1. The van der Waals surface area contributed by atoms with Crippen LogP contribution in [0.5, 0.6) is 0 Å². The van der Waals surface area contributed by atoms with Gasteiger partial charge in [0, 0.05) is 17.7 Å². The first-order chi connectivity index (χ1) is 17.2. The van der Waals surface area contributed by atoms with E-state index >= 15 is 0 Å². The standard InChI is InChI=1S/C27H22N6O2/c28-17-22-23(31-33(26(22)29)20-10-5-2-6-11-20)12-7-15-30-27(34)19-13-14-24-21(16-19)25(35-32-24)18-8-3-1-4-9-18/h1-6,8-11,13-14,16H,7,12,15,29H2,(H,30,34). The number of benzene rings is 3. The number of nitriles is 1. The highest BCUT2D eigenvalue weighted by Crippen LogP contribution is 2.29. The number of nitrogen functional groups attached to an aromatic ring is 1. The van der Waals surface area contributed by atoms with Gasteiger partial charge in [-0.15, -0.1) is 0 Å². The molecule has 0 saturated heterocycles. The molecule has 3 N–H and O–H groups in total. The number of fused-ring (bicyclic) bond motifs is 1. The summed E-state index contributed by atoms with van der Waals surface area (Å²) in [7, 11) is 0. The maximum Gasteiger partial charge on any atom is 0.251 e. The first-order valence-corrected chi connectivity index (χ1v) is 11.2. The zero-order valence-electron chi connectivity index (χ0n) is 18.8. The summed E-state index contributed by atoms with van der Waals surface area (Å²) in [5.74, 6) is 0.752. The van der Waals surface area contributed by atoms with E-state index in [0.717, 1.165) is 16.6 Å². The fourth-order valence-electron chi connectivity index (χ4n) is 3.98. The third-order valence-corrected chi connectivity index (χ3v) is 5.76. The van der Waals surface area contributed by atoms with Gasteiger partial charge < -0.3 is 15.6 Å². The van der Waals surface area contributed by atoms with Gasteiger partial charge in [0.15, 0.2) is 5.76 Å². The molecule has 0 spiro atoms. The van der Waals surface area contributed by atoms with E-state index in [9.17, 15) is 10.1 Å². The second-order valence-electron chi connectivity index (χ2n) is 8.04.